The van der Waals surface area contributed by atoms with Crippen LogP contribution >= 0.6 is 0 Å². The van der Waals surface area contributed by atoms with Gasteiger partial charge in [-0.15, -0.1) is 0 Å². The van der Waals surface area contributed by atoms with Crippen LogP contribution in [0.4, 0.5) is 87.8 Å². The third kappa shape index (κ3) is 2.89. The lowest BCUT2D eigenvalue weighted by atomic mass is 9.88. The molecule has 0 radical (unpaired) electrons. The molecule has 1 fully saturated rings. The molecule has 186 valence electrons. The maximum atomic E-state index is 13.2. The number of alkyl halides is 20. The molecule has 0 aliphatic carbocycles. The normalized spacial score (nSPS) is 24.4. The summed E-state index contributed by atoms with van der Waals surface area (Å²) in [6.45, 7) is 0. The van der Waals surface area contributed by atoms with Crippen molar-refractivity contribution in [3.8, 4) is 0 Å². The van der Waals surface area contributed by atoms with Crippen LogP contribution in [0, 0.1) is 0 Å². The summed E-state index contributed by atoms with van der Waals surface area (Å²) in [5, 5.41) is 0. The first-order chi connectivity index (χ1) is 13.0. The van der Waals surface area contributed by atoms with Crippen molar-refractivity contribution in [3.63, 3.8) is 0 Å². The van der Waals surface area contributed by atoms with Gasteiger partial charge >= 0.3 is 59.6 Å². The molecule has 0 bridgehead atoms. The van der Waals surface area contributed by atoms with E-state index in [1.165, 1.54) is 0 Å². The van der Waals surface area contributed by atoms with Crippen molar-refractivity contribution in [2.75, 3.05) is 0 Å². The van der Waals surface area contributed by atoms with Crippen molar-refractivity contribution in [3.05, 3.63) is 0 Å². The standard InChI is InChI=1S/C10F20O/c11-1(12,3(15,16)5(19,20)7(23,24)9(26,27)28)2(13,14)4(17,18)6(21,22)8(25)10(29,30)31-8. The number of epoxide rings is 1. The first kappa shape index (κ1) is 27.6. The molecule has 1 rings (SSSR count). The quantitative estimate of drug-likeness (QED) is 0.287. The topological polar surface area (TPSA) is 12.5 Å². The van der Waals surface area contributed by atoms with E-state index in [0.717, 1.165) is 0 Å². The van der Waals surface area contributed by atoms with Crippen molar-refractivity contribution >= 4 is 0 Å². The zero-order valence-electron chi connectivity index (χ0n) is 13.0. The van der Waals surface area contributed by atoms with Gasteiger partial charge in [-0.2, -0.15) is 87.8 Å². The van der Waals surface area contributed by atoms with E-state index in [9.17, 15) is 87.8 Å². The number of rotatable bonds is 7. The molecule has 1 heterocycles. The Kier molecular flexibility index (Phi) is 5.44. The fourth-order valence-corrected chi connectivity index (χ4v) is 1.76. The third-order valence-corrected chi connectivity index (χ3v) is 3.73. The van der Waals surface area contributed by atoms with Crippen LogP contribution in [0.1, 0.15) is 0 Å². The molecule has 1 unspecified atom stereocenters. The molecule has 0 spiro atoms. The fraction of sp³-hybridized carbons (Fsp3) is 1.00. The van der Waals surface area contributed by atoms with E-state index in [1.807, 2.05) is 4.74 Å². The van der Waals surface area contributed by atoms with Gasteiger partial charge in [0.15, 0.2) is 0 Å². The molecular weight excluding hydrogens is 516 g/mol. The van der Waals surface area contributed by atoms with Gasteiger partial charge in [0, 0.05) is 0 Å². The van der Waals surface area contributed by atoms with E-state index in [-0.39, 0.29) is 0 Å². The molecule has 31 heavy (non-hydrogen) atoms. The third-order valence-electron chi connectivity index (χ3n) is 3.73. The molecule has 1 saturated heterocycles. The second kappa shape index (κ2) is 6.12. The number of ether oxygens (including phenoxy) is 1. The minimum absolute atomic E-state index is 1.99. The second-order valence-corrected chi connectivity index (χ2v) is 5.73. The Hall–Kier alpha value is -1.44. The van der Waals surface area contributed by atoms with E-state index in [0.29, 0.717) is 0 Å². The largest absolute Gasteiger partial charge is 0.460 e. The smallest absolute Gasteiger partial charge is 0.265 e. The number of hydrogen-bond donors (Lipinski definition) is 0. The molecule has 1 atom stereocenters. The molecule has 0 saturated carbocycles. The molecule has 0 amide bonds. The molecule has 0 aromatic heterocycles. The van der Waals surface area contributed by atoms with Gasteiger partial charge in [-0.1, -0.05) is 0 Å². The molecule has 1 aliphatic heterocycles. The van der Waals surface area contributed by atoms with Crippen molar-refractivity contribution in [1.29, 1.82) is 0 Å². The fourth-order valence-electron chi connectivity index (χ4n) is 1.76. The van der Waals surface area contributed by atoms with Crippen LogP contribution in [0.2, 0.25) is 0 Å². The van der Waals surface area contributed by atoms with Crippen LogP contribution < -0.4 is 0 Å². The van der Waals surface area contributed by atoms with E-state index in [2.05, 4.69) is 0 Å². The summed E-state index contributed by atoms with van der Waals surface area (Å²) < 4.78 is 257. The minimum Gasteiger partial charge on any atom is -0.265 e. The first-order valence-corrected chi connectivity index (χ1v) is 6.44. The van der Waals surface area contributed by atoms with Gasteiger partial charge in [-0.25, -0.2) is 0 Å². The summed E-state index contributed by atoms with van der Waals surface area (Å²) in [4.78, 5) is 0. The lowest BCUT2D eigenvalue weighted by molar-refractivity contribution is -0.465. The molecule has 1 nitrogen and oxygen atoms in total. The van der Waals surface area contributed by atoms with Crippen molar-refractivity contribution in [2.24, 2.45) is 0 Å². The Morgan fingerprint density at radius 1 is 0.387 bits per heavy atom. The van der Waals surface area contributed by atoms with Crippen LogP contribution in [-0.4, -0.2) is 59.6 Å². The average Bonchev–Trinajstić information content (AvgIpc) is 3.05. The Morgan fingerprint density at radius 2 is 0.613 bits per heavy atom. The second-order valence-electron chi connectivity index (χ2n) is 5.73. The zero-order valence-corrected chi connectivity index (χ0v) is 13.0. The molecule has 0 aromatic carbocycles. The van der Waals surface area contributed by atoms with Gasteiger partial charge in [0.05, 0.1) is 0 Å². The monoisotopic (exact) mass is 516 g/mol. The van der Waals surface area contributed by atoms with Crippen LogP contribution in [0.15, 0.2) is 0 Å². The Labute approximate surface area is 153 Å². The van der Waals surface area contributed by atoms with E-state index < -0.39 is 59.6 Å². The molecule has 0 N–H and O–H groups in total. The predicted octanol–water partition coefficient (Wildman–Crippen LogP) is 6.28. The van der Waals surface area contributed by atoms with E-state index in [1.54, 1.807) is 0 Å². The summed E-state index contributed by atoms with van der Waals surface area (Å²) in [5.74, 6) is -67.0. The number of halogens is 20. The van der Waals surface area contributed by atoms with E-state index >= 15 is 0 Å². The summed E-state index contributed by atoms with van der Waals surface area (Å²) in [6, 6.07) is 0. The first-order valence-electron chi connectivity index (χ1n) is 6.44. The summed E-state index contributed by atoms with van der Waals surface area (Å²) >= 11 is 0. The van der Waals surface area contributed by atoms with Crippen LogP contribution in [0.3, 0.4) is 0 Å². The summed E-state index contributed by atoms with van der Waals surface area (Å²) in [6.07, 6.45) is -14.1. The zero-order chi connectivity index (χ0) is 25.7. The Bertz CT molecular complexity index is 716. The van der Waals surface area contributed by atoms with Crippen molar-refractivity contribution in [2.45, 2.75) is 59.6 Å². The van der Waals surface area contributed by atoms with Gasteiger partial charge in [0.1, 0.15) is 0 Å². The van der Waals surface area contributed by atoms with Gasteiger partial charge < -0.3 is 0 Å². The highest BCUT2D eigenvalue weighted by Gasteiger charge is 3.01. The van der Waals surface area contributed by atoms with Gasteiger partial charge in [0.25, 0.3) is 0 Å². The average molecular weight is 516 g/mol. The highest BCUT2D eigenvalue weighted by molar-refractivity contribution is 5.19. The maximum absolute atomic E-state index is 13.2. The predicted molar refractivity (Wildman–Crippen MR) is 50.6 cm³/mol. The minimum atomic E-state index is -8.98. The Morgan fingerprint density at radius 3 is 0.839 bits per heavy atom. The van der Waals surface area contributed by atoms with Crippen LogP contribution in [-0.2, 0) is 4.74 Å². The number of hydrogen-bond acceptors (Lipinski definition) is 1. The summed E-state index contributed by atoms with van der Waals surface area (Å²) in [5.41, 5.74) is 0. The van der Waals surface area contributed by atoms with Crippen LogP contribution in [0.25, 0.3) is 0 Å². The summed E-state index contributed by atoms with van der Waals surface area (Å²) in [7, 11) is 0. The Balaban J connectivity index is 3.67. The highest BCUT2D eigenvalue weighted by Crippen LogP contribution is 2.69. The molecule has 1 aliphatic rings. The highest BCUT2D eigenvalue weighted by atomic mass is 19.4. The lowest BCUT2D eigenvalue weighted by Gasteiger charge is -2.42. The van der Waals surface area contributed by atoms with Gasteiger partial charge in [0.2, 0.25) is 0 Å². The molecule has 21 heteroatoms. The van der Waals surface area contributed by atoms with Crippen molar-refractivity contribution in [1.82, 2.24) is 0 Å². The molecule has 0 aromatic rings. The maximum Gasteiger partial charge on any atom is 0.460 e. The lowest BCUT2D eigenvalue weighted by Crippen LogP contribution is -2.75. The van der Waals surface area contributed by atoms with E-state index in [4.69, 9.17) is 0 Å². The SMILES string of the molecule is FC(F)(F)C(F)(F)C(F)(F)C(F)(F)C(F)(F)C(F)(F)C(F)(F)C(F)(F)C1(F)OC1(F)F. The molecular formula is C10F20O. The van der Waals surface area contributed by atoms with Crippen LogP contribution in [0.5, 0.6) is 0 Å². The van der Waals surface area contributed by atoms with Crippen molar-refractivity contribution < 1.29 is 92.5 Å². The van der Waals surface area contributed by atoms with Gasteiger partial charge in [-0.05, 0) is 0 Å². The van der Waals surface area contributed by atoms with Gasteiger partial charge in [-0.3, -0.25) is 4.74 Å².